The first-order valence-electron chi connectivity index (χ1n) is 7.14. The average Bonchev–Trinajstić information content (AvgIpc) is 3.14. The first-order chi connectivity index (χ1) is 9.69. The van der Waals surface area contributed by atoms with E-state index in [-0.39, 0.29) is 11.2 Å². The van der Waals surface area contributed by atoms with E-state index in [0.29, 0.717) is 6.42 Å². The molecule has 1 aromatic heterocycles. The Balaban J connectivity index is 2.22. The third-order valence-electron chi connectivity index (χ3n) is 3.92. The number of hydrogen-bond acceptors (Lipinski definition) is 5. The summed E-state index contributed by atoms with van der Waals surface area (Å²) in [7, 11) is -3.83. The van der Waals surface area contributed by atoms with Crippen molar-refractivity contribution in [1.82, 2.24) is 20.1 Å². The summed E-state index contributed by atoms with van der Waals surface area (Å²) in [5.74, 6) is -0.507. The fourth-order valence-corrected chi connectivity index (χ4v) is 3.17. The van der Waals surface area contributed by atoms with Crippen LogP contribution in [0.15, 0.2) is 11.5 Å². The molecule has 1 fully saturated rings. The van der Waals surface area contributed by atoms with Crippen LogP contribution in [0, 0.1) is 0 Å². The Hall–Kier alpha value is -1.44. The van der Waals surface area contributed by atoms with Gasteiger partial charge < -0.3 is 9.88 Å². The summed E-state index contributed by atoms with van der Waals surface area (Å²) < 4.78 is 26.7. The third-order valence-corrected chi connectivity index (χ3v) is 5.86. The van der Waals surface area contributed by atoms with E-state index in [9.17, 15) is 13.2 Å². The number of aromatic nitrogens is 3. The minimum atomic E-state index is -3.83. The van der Waals surface area contributed by atoms with Crippen molar-refractivity contribution >= 4 is 15.7 Å². The molecule has 0 unspecified atom stereocenters. The van der Waals surface area contributed by atoms with Crippen LogP contribution in [-0.4, -0.2) is 39.9 Å². The third kappa shape index (κ3) is 3.25. The Morgan fingerprint density at radius 1 is 1.52 bits per heavy atom. The van der Waals surface area contributed by atoms with Crippen LogP contribution in [0.25, 0.3) is 0 Å². The zero-order valence-corrected chi connectivity index (χ0v) is 13.6. The molecule has 0 saturated heterocycles. The topological polar surface area (TPSA) is 93.9 Å². The van der Waals surface area contributed by atoms with Crippen LogP contribution < -0.4 is 5.32 Å². The molecule has 0 spiro atoms. The van der Waals surface area contributed by atoms with Crippen LogP contribution in [0.1, 0.15) is 53.0 Å². The molecule has 21 heavy (non-hydrogen) atoms. The average molecular weight is 314 g/mol. The van der Waals surface area contributed by atoms with Crippen LogP contribution in [0.4, 0.5) is 0 Å². The lowest BCUT2D eigenvalue weighted by atomic mass is 10.0. The van der Waals surface area contributed by atoms with E-state index in [2.05, 4.69) is 15.5 Å². The Morgan fingerprint density at radius 3 is 2.67 bits per heavy atom. The molecule has 1 atom stereocenters. The molecule has 1 amide bonds. The first-order valence-corrected chi connectivity index (χ1v) is 8.69. The lowest BCUT2D eigenvalue weighted by molar-refractivity contribution is -0.122. The number of hydrogen-bond donors (Lipinski definition) is 1. The van der Waals surface area contributed by atoms with Gasteiger partial charge in [-0.3, -0.25) is 4.79 Å². The van der Waals surface area contributed by atoms with Crippen molar-refractivity contribution in [2.45, 2.75) is 68.9 Å². The molecular formula is C13H22N4O3S. The predicted octanol–water partition coefficient (Wildman–Crippen LogP) is 1.08. The van der Waals surface area contributed by atoms with Gasteiger partial charge in [-0.1, -0.05) is 6.92 Å². The second kappa shape index (κ2) is 5.40. The van der Waals surface area contributed by atoms with Crippen molar-refractivity contribution in [2.24, 2.45) is 0 Å². The lowest BCUT2D eigenvalue weighted by Gasteiger charge is -2.26. The molecule has 2 rings (SSSR count). The molecule has 1 aliphatic rings. The minimum absolute atomic E-state index is 0.109. The van der Waals surface area contributed by atoms with E-state index >= 15 is 0 Å². The largest absolute Gasteiger partial charge is 0.350 e. The Bertz CT molecular complexity index is 632. The summed E-state index contributed by atoms with van der Waals surface area (Å²) in [4.78, 5) is 12.2. The Kier molecular flexibility index (Phi) is 4.10. The normalized spacial score (nSPS) is 17.5. The van der Waals surface area contributed by atoms with Crippen LogP contribution in [0.2, 0.25) is 0 Å². The van der Waals surface area contributed by atoms with Gasteiger partial charge in [0.15, 0.2) is 0 Å². The minimum Gasteiger partial charge on any atom is -0.350 e. The molecule has 1 heterocycles. The second-order valence-electron chi connectivity index (χ2n) is 6.17. The summed E-state index contributed by atoms with van der Waals surface area (Å²) in [6.45, 7) is 7.04. The summed E-state index contributed by atoms with van der Waals surface area (Å²) in [6, 6.07) is 0.145. The zero-order chi connectivity index (χ0) is 15.8. The fourth-order valence-electron chi connectivity index (χ4n) is 1.86. The molecule has 1 aliphatic carbocycles. The van der Waals surface area contributed by atoms with Gasteiger partial charge in [0, 0.05) is 11.6 Å². The van der Waals surface area contributed by atoms with Crippen LogP contribution >= 0.6 is 0 Å². The summed E-state index contributed by atoms with van der Waals surface area (Å²) in [5.41, 5.74) is -0.439. The van der Waals surface area contributed by atoms with E-state index in [1.807, 2.05) is 20.8 Å². The Morgan fingerprint density at radius 2 is 2.14 bits per heavy atom. The van der Waals surface area contributed by atoms with Crippen molar-refractivity contribution in [3.8, 4) is 0 Å². The smallest absolute Gasteiger partial charge is 0.250 e. The van der Waals surface area contributed by atoms with E-state index in [4.69, 9.17) is 0 Å². The monoisotopic (exact) mass is 314 g/mol. The highest BCUT2D eigenvalue weighted by Crippen LogP contribution is 2.36. The lowest BCUT2D eigenvalue weighted by Crippen LogP contribution is -2.48. The summed E-state index contributed by atoms with van der Waals surface area (Å²) in [6.07, 6.45) is 3.98. The highest BCUT2D eigenvalue weighted by molar-refractivity contribution is 7.92. The Labute approximate surface area is 125 Å². The molecule has 0 radical (unpaired) electrons. The predicted molar refractivity (Wildman–Crippen MR) is 77.5 cm³/mol. The van der Waals surface area contributed by atoms with E-state index in [1.54, 1.807) is 4.57 Å². The van der Waals surface area contributed by atoms with Crippen molar-refractivity contribution in [3.05, 3.63) is 6.33 Å². The SMILES string of the molecule is CCC(C)(C)NC(=O)[C@@H](C)S(=O)(=O)c1nncn1C1CC1. The van der Waals surface area contributed by atoms with Gasteiger partial charge in [-0.2, -0.15) is 0 Å². The van der Waals surface area contributed by atoms with Gasteiger partial charge in [0.1, 0.15) is 11.6 Å². The van der Waals surface area contributed by atoms with Gasteiger partial charge in [-0.25, -0.2) is 8.42 Å². The van der Waals surface area contributed by atoms with Crippen molar-refractivity contribution in [2.75, 3.05) is 0 Å². The van der Waals surface area contributed by atoms with E-state index in [1.165, 1.54) is 13.3 Å². The number of nitrogens with one attached hydrogen (secondary N) is 1. The molecule has 1 saturated carbocycles. The van der Waals surface area contributed by atoms with Crippen LogP contribution in [0.3, 0.4) is 0 Å². The number of sulfone groups is 1. The number of nitrogens with zero attached hydrogens (tertiary/aromatic N) is 3. The standard InChI is InChI=1S/C13H22N4O3S/c1-5-13(3,4)15-11(18)9(2)21(19,20)12-16-14-8-17(12)10-6-7-10/h8-10H,5-7H2,1-4H3,(H,15,18)/t9-/m1/s1. The fraction of sp³-hybridized carbons (Fsp3) is 0.769. The maximum Gasteiger partial charge on any atom is 0.250 e. The number of rotatable bonds is 6. The van der Waals surface area contributed by atoms with Gasteiger partial charge in [-0.05, 0) is 40.0 Å². The molecule has 0 bridgehead atoms. The highest BCUT2D eigenvalue weighted by Gasteiger charge is 2.38. The van der Waals surface area contributed by atoms with Gasteiger partial charge in [0.05, 0.1) is 0 Å². The number of carbonyl (C=O) groups is 1. The molecule has 7 nitrogen and oxygen atoms in total. The molecule has 1 N–H and O–H groups in total. The van der Waals surface area contributed by atoms with Crippen molar-refractivity contribution in [1.29, 1.82) is 0 Å². The molecule has 0 aromatic carbocycles. The highest BCUT2D eigenvalue weighted by atomic mass is 32.2. The van der Waals surface area contributed by atoms with Crippen molar-refractivity contribution in [3.63, 3.8) is 0 Å². The molecule has 1 aromatic rings. The van der Waals surface area contributed by atoms with Crippen LogP contribution in [0.5, 0.6) is 0 Å². The molecular weight excluding hydrogens is 292 g/mol. The van der Waals surface area contributed by atoms with Crippen LogP contribution in [-0.2, 0) is 14.6 Å². The van der Waals surface area contributed by atoms with E-state index < -0.39 is 26.5 Å². The summed E-state index contributed by atoms with van der Waals surface area (Å²) >= 11 is 0. The maximum atomic E-state index is 12.6. The quantitative estimate of drug-likeness (QED) is 0.848. The molecule has 0 aliphatic heterocycles. The van der Waals surface area contributed by atoms with Gasteiger partial charge >= 0.3 is 0 Å². The number of carbonyl (C=O) groups excluding carboxylic acids is 1. The van der Waals surface area contributed by atoms with Gasteiger partial charge in [-0.15, -0.1) is 10.2 Å². The summed E-state index contributed by atoms with van der Waals surface area (Å²) in [5, 5.41) is 8.86. The maximum absolute atomic E-state index is 12.6. The van der Waals surface area contributed by atoms with E-state index in [0.717, 1.165) is 12.8 Å². The second-order valence-corrected chi connectivity index (χ2v) is 8.33. The van der Waals surface area contributed by atoms with Gasteiger partial charge in [0.25, 0.3) is 5.16 Å². The van der Waals surface area contributed by atoms with Crippen molar-refractivity contribution < 1.29 is 13.2 Å². The molecule has 118 valence electrons. The first kappa shape index (κ1) is 15.9. The zero-order valence-electron chi connectivity index (χ0n) is 12.8. The molecule has 8 heteroatoms. The number of amides is 1. The van der Waals surface area contributed by atoms with Gasteiger partial charge in [0.2, 0.25) is 15.7 Å².